The van der Waals surface area contributed by atoms with E-state index in [-0.39, 0.29) is 6.09 Å². The molecule has 1 amide bonds. The van der Waals surface area contributed by atoms with Crippen LogP contribution in [0.4, 0.5) is 4.79 Å². The summed E-state index contributed by atoms with van der Waals surface area (Å²) in [6.07, 6.45) is -0.296. The van der Waals surface area contributed by atoms with Crippen LogP contribution in [0.2, 0.25) is 0 Å². The van der Waals surface area contributed by atoms with E-state index in [2.05, 4.69) is 21.9 Å². The van der Waals surface area contributed by atoms with Gasteiger partial charge in [-0.2, -0.15) is 0 Å². The molecule has 1 aliphatic rings. The Kier molecular flexibility index (Phi) is 5.01. The van der Waals surface area contributed by atoms with E-state index in [0.717, 1.165) is 0 Å². The molecule has 3 nitrogen and oxygen atoms in total. The van der Waals surface area contributed by atoms with Crippen molar-refractivity contribution in [2.75, 3.05) is 13.2 Å². The monoisotopic (exact) mass is 153 g/mol. The summed E-state index contributed by atoms with van der Waals surface area (Å²) in [5.74, 6) is 0. The van der Waals surface area contributed by atoms with Crippen LogP contribution in [0, 0.1) is 0 Å². The first-order valence-electron chi connectivity index (χ1n) is 2.09. The van der Waals surface area contributed by atoms with Crippen LogP contribution in [0.25, 0.3) is 0 Å². The van der Waals surface area contributed by atoms with E-state index < -0.39 is 0 Å². The maximum atomic E-state index is 9.91. The predicted octanol–water partition coefficient (Wildman–Crippen LogP) is -0.218. The number of amides is 1. The van der Waals surface area contributed by atoms with Gasteiger partial charge < -0.3 is 10.1 Å². The van der Waals surface area contributed by atoms with E-state index in [1.165, 1.54) is 8.02 Å². The lowest BCUT2D eigenvalue weighted by molar-refractivity contribution is 0.178. The van der Waals surface area contributed by atoms with Crippen molar-refractivity contribution in [3.05, 3.63) is 0 Å². The minimum Gasteiger partial charge on any atom is -0.448 e. The lowest BCUT2D eigenvalue weighted by Crippen LogP contribution is -2.11. The van der Waals surface area contributed by atoms with Crippen molar-refractivity contribution in [2.45, 2.75) is 0 Å². The minimum atomic E-state index is -0.296. The molecule has 0 spiro atoms. The molecule has 8 heavy (non-hydrogen) atoms. The molecule has 0 aliphatic carbocycles. The Hall–Kier alpha value is -0.0800. The second-order valence-corrected chi connectivity index (χ2v) is 1.06. The van der Waals surface area contributed by atoms with Crippen LogP contribution in [-0.4, -0.2) is 19.2 Å². The number of rotatable bonds is 0. The predicted molar refractivity (Wildman–Crippen MR) is 37.8 cm³/mol. The van der Waals surface area contributed by atoms with Gasteiger partial charge in [-0.05, 0) is 0 Å². The van der Waals surface area contributed by atoms with Crippen LogP contribution in [-0.2, 0) is 16.5 Å². The lowest BCUT2D eigenvalue weighted by atomic mass is 10.7. The third kappa shape index (κ3) is 2.99. The molecule has 48 valence electrons. The van der Waals surface area contributed by atoms with Crippen molar-refractivity contribution in [1.29, 1.82) is 0 Å². The number of carbonyl (C=O) groups excluding carboxylic acids is 1. The van der Waals surface area contributed by atoms with Gasteiger partial charge in [0, 0.05) is 0 Å². The van der Waals surface area contributed by atoms with Crippen LogP contribution in [0.15, 0.2) is 0 Å². The molecule has 0 bridgehead atoms. The molecule has 1 saturated heterocycles. The molecule has 0 aromatic heterocycles. The average molecular weight is 153 g/mol. The van der Waals surface area contributed by atoms with Gasteiger partial charge in [0.1, 0.15) is 6.61 Å². The van der Waals surface area contributed by atoms with Gasteiger partial charge in [0.15, 0.2) is 0 Å². The van der Waals surface area contributed by atoms with Crippen molar-refractivity contribution >= 4 is 25.9 Å². The van der Waals surface area contributed by atoms with E-state index in [9.17, 15) is 4.79 Å². The van der Waals surface area contributed by atoms with Gasteiger partial charge in [0.05, 0.1) is 6.54 Å². The molecule has 1 rings (SSSR count). The fourth-order valence-corrected chi connectivity index (χ4v) is 0.348. The number of alkyl carbamates (subject to hydrolysis) is 1. The molecule has 1 N–H and O–H groups in total. The van der Waals surface area contributed by atoms with Crippen LogP contribution >= 0.6 is 8.02 Å². The normalized spacial score (nSPS) is 15.8. The molecule has 0 saturated carbocycles. The molecule has 1 atom stereocenters. The van der Waals surface area contributed by atoms with Crippen LogP contribution in [0.1, 0.15) is 0 Å². The second kappa shape index (κ2) is 5.06. The average Bonchev–Trinajstić information content (AvgIpc) is 2.24. The summed E-state index contributed by atoms with van der Waals surface area (Å²) in [5.41, 5.74) is 0. The highest BCUT2D eigenvalue weighted by Gasteiger charge is 2.06. The van der Waals surface area contributed by atoms with Gasteiger partial charge in [-0.15, -0.1) is 11.8 Å². The van der Waals surface area contributed by atoms with E-state index >= 15 is 0 Å². The first-order chi connectivity index (χ1) is 3.89. The van der Waals surface area contributed by atoms with E-state index in [1.807, 2.05) is 0 Å². The molecule has 1 aliphatic heterocycles. The van der Waals surface area contributed by atoms with Crippen LogP contribution in [0.3, 0.4) is 0 Å². The van der Waals surface area contributed by atoms with Gasteiger partial charge in [0.2, 0.25) is 0 Å². The lowest BCUT2D eigenvalue weighted by Gasteiger charge is -1.80. The largest absolute Gasteiger partial charge is 0.448 e. The standard InChI is InChI=1S/C3H5NO2.H3PS/c5-3-4-1-2-6-3;1-2/h1-2H2,(H,4,5);1H3. The van der Waals surface area contributed by atoms with Crippen LogP contribution in [0.5, 0.6) is 0 Å². The zero-order chi connectivity index (χ0) is 6.41. The van der Waals surface area contributed by atoms with Crippen molar-refractivity contribution in [3.63, 3.8) is 0 Å². The zero-order valence-electron chi connectivity index (χ0n) is 4.35. The third-order valence-corrected chi connectivity index (χ3v) is 0.605. The fraction of sp³-hybridized carbons (Fsp3) is 0.667. The molecule has 1 fully saturated rings. The number of hydrogen-bond acceptors (Lipinski definition) is 3. The summed E-state index contributed by atoms with van der Waals surface area (Å²) in [6.45, 7) is 1.19. The van der Waals surface area contributed by atoms with Gasteiger partial charge in [-0.25, -0.2) is 4.79 Å². The molecule has 0 aromatic rings. The van der Waals surface area contributed by atoms with E-state index in [4.69, 9.17) is 0 Å². The van der Waals surface area contributed by atoms with E-state index in [1.54, 1.807) is 0 Å². The highest BCUT2D eigenvalue weighted by Crippen LogP contribution is 1.82. The number of cyclic esters (lactones) is 1. The number of carbonyl (C=O) groups is 1. The smallest absolute Gasteiger partial charge is 0.407 e. The van der Waals surface area contributed by atoms with Gasteiger partial charge in [-0.1, -0.05) is 8.02 Å². The molecule has 0 aromatic carbocycles. The van der Waals surface area contributed by atoms with Gasteiger partial charge >= 0.3 is 6.09 Å². The van der Waals surface area contributed by atoms with Crippen molar-refractivity contribution in [2.24, 2.45) is 0 Å². The third-order valence-electron chi connectivity index (χ3n) is 0.605. The molecular formula is C3H8NO2PS. The molecule has 1 heterocycles. The summed E-state index contributed by atoms with van der Waals surface area (Å²) in [7, 11) is 1.44. The van der Waals surface area contributed by atoms with Crippen molar-refractivity contribution in [1.82, 2.24) is 5.32 Å². The Labute approximate surface area is 54.7 Å². The zero-order valence-corrected chi connectivity index (χ0v) is 6.58. The Morgan fingerprint density at radius 2 is 2.38 bits per heavy atom. The summed E-state index contributed by atoms with van der Waals surface area (Å²) in [6, 6.07) is 0. The quantitative estimate of drug-likeness (QED) is 0.489. The summed E-state index contributed by atoms with van der Waals surface area (Å²) < 4.78 is 4.40. The number of ether oxygens (including phenoxy) is 1. The first kappa shape index (κ1) is 7.92. The van der Waals surface area contributed by atoms with E-state index in [0.29, 0.717) is 13.2 Å². The molecular weight excluding hydrogens is 145 g/mol. The molecule has 5 heteroatoms. The number of nitrogens with one attached hydrogen (secondary N) is 1. The first-order valence-corrected chi connectivity index (χ1v) is 4.40. The Morgan fingerprint density at radius 1 is 1.75 bits per heavy atom. The molecule has 1 unspecified atom stereocenters. The Balaban J connectivity index is 0.000000222. The van der Waals surface area contributed by atoms with Gasteiger partial charge in [-0.3, -0.25) is 0 Å². The van der Waals surface area contributed by atoms with Crippen molar-refractivity contribution < 1.29 is 9.53 Å². The summed E-state index contributed by atoms with van der Waals surface area (Å²) in [5, 5.41) is 2.46. The maximum absolute atomic E-state index is 9.91. The highest BCUT2D eigenvalue weighted by molar-refractivity contribution is 7.88. The topological polar surface area (TPSA) is 38.3 Å². The highest BCUT2D eigenvalue weighted by atomic mass is 32.4. The Morgan fingerprint density at radius 3 is 2.50 bits per heavy atom. The second-order valence-electron chi connectivity index (χ2n) is 1.06. The molecule has 0 radical (unpaired) electrons. The summed E-state index contributed by atoms with van der Waals surface area (Å²) >= 11 is 4.11. The Bertz CT molecular complexity index is 81.4. The van der Waals surface area contributed by atoms with Crippen molar-refractivity contribution in [3.8, 4) is 0 Å². The minimum absolute atomic E-state index is 0.296. The summed E-state index contributed by atoms with van der Waals surface area (Å²) in [4.78, 5) is 9.91. The van der Waals surface area contributed by atoms with Crippen LogP contribution < -0.4 is 5.32 Å². The fourth-order valence-electron chi connectivity index (χ4n) is 0.348. The SMILES string of the molecule is O=C1NCCO1.[PH3]=S. The number of hydrogen-bond donors (Lipinski definition) is 1. The van der Waals surface area contributed by atoms with Gasteiger partial charge in [0.25, 0.3) is 0 Å². The maximum Gasteiger partial charge on any atom is 0.407 e.